The van der Waals surface area contributed by atoms with Crippen LogP contribution in [0.3, 0.4) is 0 Å². The van der Waals surface area contributed by atoms with E-state index in [0.29, 0.717) is 12.0 Å². The Labute approximate surface area is 156 Å². The molecule has 0 heterocycles. The van der Waals surface area contributed by atoms with Gasteiger partial charge in [0.05, 0.1) is 10.6 Å². The van der Waals surface area contributed by atoms with E-state index in [1.807, 2.05) is 0 Å². The summed E-state index contributed by atoms with van der Waals surface area (Å²) in [6, 6.07) is 9.43. The second-order valence-electron chi connectivity index (χ2n) is 6.51. The third-order valence-electron chi connectivity index (χ3n) is 3.18. The zero-order chi connectivity index (χ0) is 19.3. The molecule has 2 rings (SSSR count). The average molecular weight is 380 g/mol. The second kappa shape index (κ2) is 8.19. The van der Waals surface area contributed by atoms with Gasteiger partial charge in [0.2, 0.25) is 0 Å². The minimum atomic E-state index is -0.707. The Kier molecular flexibility index (Phi) is 6.21. The van der Waals surface area contributed by atoms with E-state index < -0.39 is 17.5 Å². The van der Waals surface area contributed by atoms with Crippen molar-refractivity contribution in [3.05, 3.63) is 58.4 Å². The van der Waals surface area contributed by atoms with E-state index in [9.17, 15) is 14.0 Å². The maximum atomic E-state index is 13.5. The molecule has 0 aliphatic heterocycles. The van der Waals surface area contributed by atoms with Gasteiger partial charge in [-0.05, 0) is 50.6 Å². The molecule has 0 radical (unpaired) electrons. The zero-order valence-electron chi connectivity index (χ0n) is 14.6. The molecule has 0 atom stereocenters. The number of rotatable bonds is 5. The maximum Gasteiger partial charge on any atom is 0.412 e. The normalized spacial score (nSPS) is 11.0. The van der Waals surface area contributed by atoms with Crippen LogP contribution in [-0.2, 0) is 11.3 Å². The van der Waals surface area contributed by atoms with Gasteiger partial charge in [-0.15, -0.1) is 0 Å². The van der Waals surface area contributed by atoms with Gasteiger partial charge < -0.3 is 9.47 Å². The van der Waals surface area contributed by atoms with Gasteiger partial charge in [0.15, 0.2) is 6.29 Å². The maximum absolute atomic E-state index is 13.5. The van der Waals surface area contributed by atoms with Crippen molar-refractivity contribution in [1.29, 1.82) is 0 Å². The minimum absolute atomic E-state index is 0.0805. The molecule has 0 unspecified atom stereocenters. The molecule has 0 aliphatic carbocycles. The third-order valence-corrected chi connectivity index (χ3v) is 3.57. The molecule has 0 aromatic heterocycles. The number of carbonyl (C=O) groups excluding carboxylic acids is 2. The van der Waals surface area contributed by atoms with Gasteiger partial charge in [-0.1, -0.05) is 23.7 Å². The van der Waals surface area contributed by atoms with Gasteiger partial charge in [-0.2, -0.15) is 0 Å². The van der Waals surface area contributed by atoms with E-state index in [1.165, 1.54) is 6.07 Å². The first-order valence-electron chi connectivity index (χ1n) is 7.84. The van der Waals surface area contributed by atoms with Gasteiger partial charge >= 0.3 is 6.09 Å². The lowest BCUT2D eigenvalue weighted by molar-refractivity contribution is 0.0635. The van der Waals surface area contributed by atoms with Crippen LogP contribution in [0.2, 0.25) is 5.02 Å². The fraction of sp³-hybridized carbons (Fsp3) is 0.263. The number of amides is 1. The summed E-state index contributed by atoms with van der Waals surface area (Å²) in [5.74, 6) is -0.512. The summed E-state index contributed by atoms with van der Waals surface area (Å²) in [7, 11) is 0. The Morgan fingerprint density at radius 3 is 2.65 bits per heavy atom. The summed E-state index contributed by atoms with van der Waals surface area (Å²) >= 11 is 5.97. The summed E-state index contributed by atoms with van der Waals surface area (Å²) in [6.45, 7) is 5.44. The Hall–Kier alpha value is -2.60. The van der Waals surface area contributed by atoms with Crippen LogP contribution < -0.4 is 10.1 Å². The largest absolute Gasteiger partial charge is 0.487 e. The lowest BCUT2D eigenvalue weighted by Crippen LogP contribution is -2.27. The highest BCUT2D eigenvalue weighted by atomic mass is 35.5. The van der Waals surface area contributed by atoms with Crippen LogP contribution in [0.1, 0.15) is 36.7 Å². The molecule has 2 aromatic rings. The molecular weight excluding hydrogens is 361 g/mol. The Balaban J connectivity index is 2.05. The van der Waals surface area contributed by atoms with Gasteiger partial charge in [-0.3, -0.25) is 10.1 Å². The van der Waals surface area contributed by atoms with Crippen molar-refractivity contribution in [2.24, 2.45) is 0 Å². The third kappa shape index (κ3) is 5.46. The second-order valence-corrected chi connectivity index (χ2v) is 6.88. The van der Waals surface area contributed by atoms with Crippen LogP contribution in [-0.4, -0.2) is 18.0 Å². The number of anilines is 1. The first-order chi connectivity index (χ1) is 12.2. The van der Waals surface area contributed by atoms with Crippen LogP contribution >= 0.6 is 11.6 Å². The highest BCUT2D eigenvalue weighted by Gasteiger charge is 2.16. The Morgan fingerprint density at radius 1 is 1.27 bits per heavy atom. The monoisotopic (exact) mass is 379 g/mol. The molecule has 0 bridgehead atoms. The van der Waals surface area contributed by atoms with Crippen molar-refractivity contribution < 1.29 is 23.5 Å². The summed E-state index contributed by atoms with van der Waals surface area (Å²) in [6.07, 6.45) is -0.219. The van der Waals surface area contributed by atoms with Crippen LogP contribution in [0.15, 0.2) is 36.4 Å². The number of benzene rings is 2. The average Bonchev–Trinajstić information content (AvgIpc) is 2.53. The molecule has 0 saturated carbocycles. The molecule has 0 spiro atoms. The lowest BCUT2D eigenvalue weighted by Gasteiger charge is -2.19. The van der Waals surface area contributed by atoms with E-state index >= 15 is 0 Å². The highest BCUT2D eigenvalue weighted by Crippen LogP contribution is 2.30. The molecule has 138 valence electrons. The SMILES string of the molecule is CC(C)(C)OC(=O)Nc1cccc(COc2ccc(F)c(C=O)c2Cl)c1. The molecule has 0 saturated heterocycles. The van der Waals surface area contributed by atoms with Crippen LogP contribution in [0, 0.1) is 5.82 Å². The summed E-state index contributed by atoms with van der Waals surface area (Å²) in [5, 5.41) is 2.55. The van der Waals surface area contributed by atoms with E-state index in [0.717, 1.165) is 11.6 Å². The minimum Gasteiger partial charge on any atom is -0.487 e. The van der Waals surface area contributed by atoms with Crippen LogP contribution in [0.25, 0.3) is 0 Å². The molecule has 0 aliphatic rings. The molecule has 5 nitrogen and oxygen atoms in total. The van der Waals surface area contributed by atoms with Crippen molar-refractivity contribution in [3.63, 3.8) is 0 Å². The number of hydrogen-bond donors (Lipinski definition) is 1. The molecule has 7 heteroatoms. The lowest BCUT2D eigenvalue weighted by atomic mass is 10.2. The topological polar surface area (TPSA) is 64.6 Å². The Bertz CT molecular complexity index is 818. The quantitative estimate of drug-likeness (QED) is 0.723. The zero-order valence-corrected chi connectivity index (χ0v) is 15.4. The molecule has 1 N–H and O–H groups in total. The van der Waals surface area contributed by atoms with Crippen molar-refractivity contribution in [2.45, 2.75) is 33.0 Å². The van der Waals surface area contributed by atoms with E-state index in [4.69, 9.17) is 21.1 Å². The standard InChI is InChI=1S/C19H19ClFNO4/c1-19(2,3)26-18(24)22-13-6-4-5-12(9-13)11-25-16-8-7-15(21)14(10-23)17(16)20/h4-10H,11H2,1-3H3,(H,22,24). The fourth-order valence-corrected chi connectivity index (χ4v) is 2.34. The number of aldehydes is 1. The summed E-state index contributed by atoms with van der Waals surface area (Å²) < 4.78 is 24.2. The van der Waals surface area contributed by atoms with Crippen LogP contribution in [0.4, 0.5) is 14.9 Å². The molecule has 1 amide bonds. The van der Waals surface area contributed by atoms with Gasteiger partial charge in [0.1, 0.15) is 23.8 Å². The van der Waals surface area contributed by atoms with Gasteiger partial charge in [0.25, 0.3) is 0 Å². The predicted molar refractivity (Wildman–Crippen MR) is 97.4 cm³/mol. The molecule has 26 heavy (non-hydrogen) atoms. The van der Waals surface area contributed by atoms with E-state index in [1.54, 1.807) is 45.0 Å². The number of ether oxygens (including phenoxy) is 2. The molecule has 2 aromatic carbocycles. The van der Waals surface area contributed by atoms with Gasteiger partial charge in [0, 0.05) is 5.69 Å². The smallest absolute Gasteiger partial charge is 0.412 e. The number of hydrogen-bond acceptors (Lipinski definition) is 4. The first kappa shape index (κ1) is 19.7. The van der Waals surface area contributed by atoms with Crippen LogP contribution in [0.5, 0.6) is 5.75 Å². The summed E-state index contributed by atoms with van der Waals surface area (Å²) in [5.41, 5.74) is 0.440. The van der Waals surface area contributed by atoms with Crippen molar-refractivity contribution in [1.82, 2.24) is 0 Å². The van der Waals surface area contributed by atoms with E-state index in [-0.39, 0.29) is 22.9 Å². The molecule has 0 fully saturated rings. The highest BCUT2D eigenvalue weighted by molar-refractivity contribution is 6.34. The first-order valence-corrected chi connectivity index (χ1v) is 8.22. The van der Waals surface area contributed by atoms with Crippen molar-refractivity contribution in [2.75, 3.05) is 5.32 Å². The van der Waals surface area contributed by atoms with E-state index in [2.05, 4.69) is 5.32 Å². The predicted octanol–water partition coefficient (Wildman–Crippen LogP) is 5.22. The van der Waals surface area contributed by atoms with Crippen molar-refractivity contribution in [3.8, 4) is 5.75 Å². The van der Waals surface area contributed by atoms with Gasteiger partial charge in [-0.25, -0.2) is 9.18 Å². The molecular formula is C19H19ClFNO4. The van der Waals surface area contributed by atoms with Crippen molar-refractivity contribution >= 4 is 29.7 Å². The number of halogens is 2. The number of carbonyl (C=O) groups is 2. The number of nitrogens with one attached hydrogen (secondary N) is 1. The Morgan fingerprint density at radius 2 is 2.00 bits per heavy atom. The fourth-order valence-electron chi connectivity index (χ4n) is 2.09. The summed E-state index contributed by atoms with van der Waals surface area (Å²) in [4.78, 5) is 22.7.